The van der Waals surface area contributed by atoms with E-state index in [1.54, 1.807) is 11.8 Å². The van der Waals surface area contributed by atoms with E-state index >= 15 is 0 Å². The highest BCUT2D eigenvalue weighted by Gasteiger charge is 2.68. The fourth-order valence-electron chi connectivity index (χ4n) is 18.0. The van der Waals surface area contributed by atoms with Gasteiger partial charge in [0.05, 0.1) is 24.7 Å². The summed E-state index contributed by atoms with van der Waals surface area (Å²) in [4.78, 5) is 121. The summed E-state index contributed by atoms with van der Waals surface area (Å²) in [5.74, 6) is -6.61. The first-order chi connectivity index (χ1) is 46.3. The molecule has 6 amide bonds. The summed E-state index contributed by atoms with van der Waals surface area (Å²) in [6.07, 6.45) is 9.27. The van der Waals surface area contributed by atoms with Gasteiger partial charge in [0.15, 0.2) is 40.6 Å². The number of hydrogen-bond acceptors (Lipinski definition) is 13. The Hall–Kier alpha value is -9.73. The minimum atomic E-state index is -1.01. The first kappa shape index (κ1) is 64.3. The van der Waals surface area contributed by atoms with Crippen LogP contribution < -0.4 is 32.2 Å². The summed E-state index contributed by atoms with van der Waals surface area (Å²) in [6, 6.07) is 7.02. The SMILES string of the molecule is C.Cc1cc(F)c(CNC(=O)c2cn3c(c(O)c2=O)C(=O)N2C(C3)O[C@H]3C[C@@H]2[C@@H]2C[C@@H]23)c(F)c1.Cc1cc(F)c(CNC(=O)c2cn3c(c(O)c2=O)C(=O)N2C4CC([C@@H]5C[C@H]45)[C@@H]2C3)c(F)c1.Cc1cc(F)c(CNC(=O)c2cn3c(c(O)c2=O)C(=O)N2C4CC([C@@H]5C[C@H]45)[C@@H]2C3)cc1F. The molecule has 3 aromatic carbocycles. The normalized spacial score (nSPS) is 28.6. The number of aryl methyl sites for hydroxylation is 3. The lowest BCUT2D eigenvalue weighted by Gasteiger charge is -2.45. The lowest BCUT2D eigenvalue weighted by molar-refractivity contribution is -0.144. The van der Waals surface area contributed by atoms with Gasteiger partial charge in [-0.25, -0.2) is 26.3 Å². The van der Waals surface area contributed by atoms with Crippen LogP contribution in [-0.2, 0) is 44.0 Å². The zero-order chi connectivity index (χ0) is 68.1. The largest absolute Gasteiger partial charge is 0.503 e. The quantitative estimate of drug-likeness (QED) is 0.0886. The summed E-state index contributed by atoms with van der Waals surface area (Å²) in [7, 11) is 0. The Kier molecular flexibility index (Phi) is 15.0. The van der Waals surface area contributed by atoms with E-state index in [1.807, 2.05) is 9.80 Å². The first-order valence-electron chi connectivity index (χ1n) is 32.5. The fourth-order valence-corrected chi connectivity index (χ4v) is 18.0. The van der Waals surface area contributed by atoms with Crippen molar-refractivity contribution in [2.75, 3.05) is 0 Å². The zero-order valence-electron chi connectivity index (χ0n) is 52.2. The second-order valence-electron chi connectivity index (χ2n) is 28.1. The van der Waals surface area contributed by atoms with Crippen LogP contribution in [0.5, 0.6) is 17.2 Å². The van der Waals surface area contributed by atoms with Gasteiger partial charge in [-0.15, -0.1) is 0 Å². The van der Waals surface area contributed by atoms with Gasteiger partial charge < -0.3 is 64.4 Å². The summed E-state index contributed by atoms with van der Waals surface area (Å²) >= 11 is 0. The average Bonchev–Trinajstić information content (AvgIpc) is 1.53. The maximum absolute atomic E-state index is 14.1. The third-order valence-corrected chi connectivity index (χ3v) is 22.8. The van der Waals surface area contributed by atoms with E-state index in [2.05, 4.69) is 16.0 Å². The molecule has 5 unspecified atom stereocenters. The van der Waals surface area contributed by atoms with E-state index < -0.39 is 117 Å². The molecule has 512 valence electrons. The van der Waals surface area contributed by atoms with Crippen molar-refractivity contribution in [2.24, 2.45) is 47.3 Å². The lowest BCUT2D eigenvalue weighted by atomic mass is 9.94. The molecule has 22 nitrogen and oxygen atoms in total. The Balaban J connectivity index is 0.000000119. The number of nitrogens with zero attached hydrogens (tertiary/aromatic N) is 6. The van der Waals surface area contributed by atoms with Crippen LogP contribution in [0.1, 0.15) is 142 Å². The van der Waals surface area contributed by atoms with Gasteiger partial charge in [-0.05, 0) is 160 Å². The zero-order valence-corrected chi connectivity index (χ0v) is 52.2. The van der Waals surface area contributed by atoms with Crippen molar-refractivity contribution in [3.8, 4) is 17.2 Å². The van der Waals surface area contributed by atoms with Gasteiger partial charge in [-0.3, -0.25) is 43.2 Å². The molecule has 6 bridgehead atoms. The molecule has 0 radical (unpaired) electrons. The standard InChI is InChI=1S/C23H21F2N3O5.2C23H21F2N3O4.CH4/c1-9-2-14(24)12(15(25)3-9)6-26-22(31)13-7-27-8-18-28(23(32)19(27)21(30)20(13)29)16-5-17(33-18)11-4-10(11)16;1-9-2-16(25)10(3-15(9)24)6-26-22(31)14-7-27-8-18-13-5-17(12-4-11(12)13)28(18)23(32)19(27)21(30)20(14)29;1-9-2-15(24)13(16(25)3-9)6-26-22(31)14-7-27-8-18-12-5-17(11-4-10(11)12)28(18)23(32)19(27)21(30)20(14)29;/h2-3,7,10-11,16-18,30H,4-6,8H2,1H3,(H,26,31);2-3,7,11-13,17-18,30H,4-6,8H2,1H3,(H,26,31);2-3,7,10-12,17-18,30H,4-6,8H2,1H3,(H,26,31);1H4/t10-,11+,16-,17+,18?;11-,12+,13?,17?,18+;10-,11+,12?,17?,18+;/m111./s1. The van der Waals surface area contributed by atoms with Gasteiger partial charge in [0.25, 0.3) is 35.4 Å². The summed E-state index contributed by atoms with van der Waals surface area (Å²) in [6.45, 7) is 4.24. The van der Waals surface area contributed by atoms with Gasteiger partial charge in [-0.2, -0.15) is 0 Å². The maximum Gasteiger partial charge on any atom is 0.276 e. The van der Waals surface area contributed by atoms with Crippen LogP contribution >= 0.6 is 0 Å². The van der Waals surface area contributed by atoms with Gasteiger partial charge in [0, 0.05) is 86.1 Å². The van der Waals surface area contributed by atoms with E-state index in [0.29, 0.717) is 71.6 Å². The van der Waals surface area contributed by atoms with E-state index in [0.717, 1.165) is 74.9 Å². The molecule has 3 saturated heterocycles. The highest BCUT2D eigenvalue weighted by Crippen LogP contribution is 2.66. The molecule has 9 heterocycles. The Morgan fingerprint density at radius 3 is 1.24 bits per heavy atom. The molecule has 6 saturated carbocycles. The second-order valence-corrected chi connectivity index (χ2v) is 28.1. The van der Waals surface area contributed by atoms with E-state index in [9.17, 15) is 84.8 Å². The van der Waals surface area contributed by atoms with E-state index in [1.165, 1.54) is 46.1 Å². The number of pyridine rings is 3. The topological polar surface area (TPSA) is 284 Å². The van der Waals surface area contributed by atoms with Crippen LogP contribution in [0.15, 0.2) is 69.4 Å². The van der Waals surface area contributed by atoms with E-state index in [4.69, 9.17) is 4.74 Å². The molecule has 9 fully saturated rings. The number of halogens is 6. The van der Waals surface area contributed by atoms with Crippen molar-refractivity contribution in [2.45, 2.75) is 149 Å². The highest BCUT2D eigenvalue weighted by molar-refractivity contribution is 6.02. The molecule has 15 atom stereocenters. The number of nitrogens with one attached hydrogen (secondary N) is 3. The monoisotopic (exact) mass is 1360 g/mol. The predicted octanol–water partition coefficient (Wildman–Crippen LogP) is 6.16. The Morgan fingerprint density at radius 2 is 0.806 bits per heavy atom. The molecule has 3 aromatic heterocycles. The van der Waals surface area contributed by atoms with Crippen LogP contribution in [-0.4, -0.2) is 122 Å². The number of ether oxygens (including phenoxy) is 1. The molecule has 28 heteroatoms. The Bertz CT molecular complexity index is 4720. The third kappa shape index (κ3) is 9.94. The Morgan fingerprint density at radius 1 is 0.439 bits per heavy atom. The molecular formula is C70H67F6N9O13. The number of carbonyl (C=O) groups excluding carboxylic acids is 6. The number of hydrogen-bond donors (Lipinski definition) is 6. The number of carbonyl (C=O) groups is 6. The van der Waals surface area contributed by atoms with Crippen molar-refractivity contribution < 1.29 is 75.2 Å². The number of aromatic hydroxyl groups is 3. The molecule has 6 aliphatic carbocycles. The van der Waals surface area contributed by atoms with Crippen LogP contribution in [0.2, 0.25) is 0 Å². The number of rotatable bonds is 9. The van der Waals surface area contributed by atoms with Crippen molar-refractivity contribution in [1.82, 2.24) is 44.4 Å². The summed E-state index contributed by atoms with van der Waals surface area (Å²) in [5.41, 5.74) is -4.19. The minimum absolute atomic E-state index is 0. The predicted molar refractivity (Wildman–Crippen MR) is 332 cm³/mol. The van der Waals surface area contributed by atoms with Gasteiger partial charge in [0.2, 0.25) is 16.3 Å². The highest BCUT2D eigenvalue weighted by atomic mass is 19.2. The van der Waals surface area contributed by atoms with Crippen LogP contribution in [0.4, 0.5) is 26.3 Å². The van der Waals surface area contributed by atoms with Crippen LogP contribution in [0.3, 0.4) is 0 Å². The minimum Gasteiger partial charge on any atom is -0.503 e. The van der Waals surface area contributed by atoms with Crippen LogP contribution in [0.25, 0.3) is 0 Å². The van der Waals surface area contributed by atoms with Crippen molar-refractivity contribution in [1.29, 1.82) is 0 Å². The smallest absolute Gasteiger partial charge is 0.276 e. The maximum atomic E-state index is 14.1. The van der Waals surface area contributed by atoms with Crippen molar-refractivity contribution in [3.05, 3.63) is 188 Å². The molecule has 0 spiro atoms. The number of aromatic nitrogens is 3. The third-order valence-electron chi connectivity index (χ3n) is 22.8. The van der Waals surface area contributed by atoms with Gasteiger partial charge in [0.1, 0.15) is 51.6 Å². The van der Waals surface area contributed by atoms with Crippen LogP contribution in [0, 0.1) is 103 Å². The first-order valence-corrected chi connectivity index (χ1v) is 32.5. The molecule has 6 aliphatic heterocycles. The number of piperidine rings is 2. The van der Waals surface area contributed by atoms with Gasteiger partial charge in [-0.1, -0.05) is 7.43 Å². The molecule has 6 N–H and O–H groups in total. The summed E-state index contributed by atoms with van der Waals surface area (Å²) < 4.78 is 94.6. The molecular weight excluding hydrogens is 1290 g/mol. The Labute approximate surface area is 553 Å². The summed E-state index contributed by atoms with van der Waals surface area (Å²) in [5, 5.41) is 38.7. The average molecular weight is 1360 g/mol. The molecule has 6 aromatic rings. The lowest BCUT2D eigenvalue weighted by Crippen LogP contribution is -2.58. The number of fused-ring (bicyclic) bond motifs is 26. The number of benzene rings is 3. The fraction of sp³-hybridized carbons (Fsp3) is 0.443. The molecule has 98 heavy (non-hydrogen) atoms. The number of amides is 6. The van der Waals surface area contributed by atoms with Gasteiger partial charge >= 0.3 is 0 Å². The van der Waals surface area contributed by atoms with E-state index in [-0.39, 0.29) is 119 Å². The second kappa shape index (κ2) is 22.9. The van der Waals surface area contributed by atoms with Crippen molar-refractivity contribution >= 4 is 35.4 Å². The molecule has 18 rings (SSSR count). The molecule has 12 aliphatic rings. The van der Waals surface area contributed by atoms with Crippen molar-refractivity contribution in [3.63, 3.8) is 0 Å².